The smallest absolute Gasteiger partial charge is 0.307 e. The lowest BCUT2D eigenvalue weighted by Crippen LogP contribution is -3.00. The number of nitrogens with zero attached hydrogens (tertiary/aromatic N) is 3. The fraction of sp³-hybridized carbons (Fsp3) is 0.471. The Morgan fingerprint density at radius 1 is 1.30 bits per heavy atom. The predicted molar refractivity (Wildman–Crippen MR) is 104 cm³/mol. The van der Waals surface area contributed by atoms with E-state index in [1.807, 2.05) is 18.2 Å². The Balaban J connectivity index is 0.00000261. The van der Waals surface area contributed by atoms with Gasteiger partial charge in [0.2, 0.25) is 0 Å². The molecule has 1 aromatic rings. The van der Waals surface area contributed by atoms with Crippen LogP contribution in [0.2, 0.25) is 0 Å². The molecule has 0 atom stereocenters. The van der Waals surface area contributed by atoms with Gasteiger partial charge in [-0.05, 0) is 28.9 Å². The average molecular weight is 414 g/mol. The topological polar surface area (TPSA) is 93.5 Å². The zero-order valence-electron chi connectivity index (χ0n) is 15.4. The van der Waals surface area contributed by atoms with Gasteiger partial charge in [-0.1, -0.05) is 6.07 Å². The number of ether oxygens (including phenoxy) is 3. The van der Waals surface area contributed by atoms with Crippen LogP contribution in [0.25, 0.3) is 0 Å². The number of amidine groups is 2. The lowest BCUT2D eigenvalue weighted by molar-refractivity contribution is -0.550. The van der Waals surface area contributed by atoms with Crippen LogP contribution in [0.1, 0.15) is 5.56 Å². The monoisotopic (exact) mass is 413 g/mol. The van der Waals surface area contributed by atoms with Crippen molar-refractivity contribution in [1.82, 2.24) is 5.32 Å². The fourth-order valence-corrected chi connectivity index (χ4v) is 3.62. The van der Waals surface area contributed by atoms with Crippen molar-refractivity contribution in [1.29, 1.82) is 0 Å². The molecule has 27 heavy (non-hydrogen) atoms. The van der Waals surface area contributed by atoms with E-state index < -0.39 is 0 Å². The van der Waals surface area contributed by atoms with Gasteiger partial charge in [-0.25, -0.2) is 4.99 Å². The molecule has 3 N–H and O–H groups in total. The van der Waals surface area contributed by atoms with E-state index in [4.69, 9.17) is 19.9 Å². The van der Waals surface area contributed by atoms with Crippen LogP contribution in [0.4, 0.5) is 0 Å². The molecular weight excluding hydrogens is 390 g/mol. The number of halogens is 1. The van der Waals surface area contributed by atoms with Gasteiger partial charge in [0.1, 0.15) is 30.3 Å². The van der Waals surface area contributed by atoms with Gasteiger partial charge in [0.15, 0.2) is 5.96 Å². The second-order valence-electron chi connectivity index (χ2n) is 5.69. The minimum absolute atomic E-state index is 0. The van der Waals surface area contributed by atoms with Gasteiger partial charge >= 0.3 is 5.84 Å². The van der Waals surface area contributed by atoms with E-state index in [0.29, 0.717) is 12.5 Å². The molecule has 0 spiro atoms. The highest BCUT2D eigenvalue weighted by atomic mass is 35.5. The SMILES string of the molecule is COc1cccc(OC)c1CN=C(N)NC1=NC(=[N+]2CCOCC2)CS1.[Cl-]. The quantitative estimate of drug-likeness (QED) is 0.326. The van der Waals surface area contributed by atoms with Gasteiger partial charge in [-0.15, -0.1) is 0 Å². The van der Waals surface area contributed by atoms with Crippen LogP contribution in [0.3, 0.4) is 0 Å². The first-order valence-corrected chi connectivity index (χ1v) is 9.36. The second-order valence-corrected chi connectivity index (χ2v) is 6.65. The minimum Gasteiger partial charge on any atom is -1.00 e. The average Bonchev–Trinajstić information content (AvgIpc) is 3.15. The summed E-state index contributed by atoms with van der Waals surface area (Å²) in [5.41, 5.74) is 6.88. The Bertz CT molecular complexity index is 724. The van der Waals surface area contributed by atoms with Crippen molar-refractivity contribution in [2.24, 2.45) is 15.7 Å². The molecule has 0 aromatic heterocycles. The van der Waals surface area contributed by atoms with Gasteiger partial charge in [-0.2, -0.15) is 0 Å². The number of thioether (sulfide) groups is 1. The summed E-state index contributed by atoms with van der Waals surface area (Å²) in [5.74, 6) is 3.64. The maximum absolute atomic E-state index is 6.03. The molecule has 0 radical (unpaired) electrons. The molecule has 2 heterocycles. The molecule has 1 fully saturated rings. The summed E-state index contributed by atoms with van der Waals surface area (Å²) in [6.45, 7) is 3.60. The number of hydrogen-bond donors (Lipinski definition) is 2. The maximum Gasteiger partial charge on any atom is 0.307 e. The number of nitrogens with one attached hydrogen (secondary N) is 1. The van der Waals surface area contributed by atoms with Crippen LogP contribution in [-0.4, -0.2) is 67.8 Å². The van der Waals surface area contributed by atoms with Gasteiger partial charge in [0, 0.05) is 0 Å². The molecule has 0 unspecified atom stereocenters. The molecule has 148 valence electrons. The Morgan fingerprint density at radius 3 is 2.59 bits per heavy atom. The summed E-state index contributed by atoms with van der Waals surface area (Å²) in [6, 6.07) is 5.62. The van der Waals surface area contributed by atoms with E-state index >= 15 is 0 Å². The van der Waals surface area contributed by atoms with Gasteiger partial charge in [0.05, 0.1) is 39.5 Å². The second kappa shape index (κ2) is 10.4. The van der Waals surface area contributed by atoms with E-state index in [2.05, 4.69) is 19.9 Å². The van der Waals surface area contributed by atoms with Crippen molar-refractivity contribution < 1.29 is 31.2 Å². The molecular formula is C17H24ClN5O3S. The van der Waals surface area contributed by atoms with Crippen LogP contribution in [0.5, 0.6) is 11.5 Å². The number of guanidine groups is 1. The molecule has 0 saturated carbocycles. The Hall–Kier alpha value is -1.97. The van der Waals surface area contributed by atoms with Crippen LogP contribution in [0, 0.1) is 0 Å². The molecule has 2 aliphatic heterocycles. The number of morpholine rings is 1. The number of aliphatic imine (C=N–C) groups is 2. The highest BCUT2D eigenvalue weighted by Crippen LogP contribution is 2.28. The van der Waals surface area contributed by atoms with E-state index in [9.17, 15) is 0 Å². The van der Waals surface area contributed by atoms with Gasteiger partial charge in [-0.3, -0.25) is 9.89 Å². The number of rotatable bonds is 4. The van der Waals surface area contributed by atoms with Crippen LogP contribution in [-0.2, 0) is 11.3 Å². The minimum atomic E-state index is 0. The number of nitrogens with two attached hydrogens (primary N) is 1. The fourth-order valence-electron chi connectivity index (χ4n) is 2.76. The Kier molecular flexibility index (Phi) is 8.21. The summed E-state index contributed by atoms with van der Waals surface area (Å²) in [5, 5.41) is 3.84. The van der Waals surface area contributed by atoms with E-state index in [1.165, 1.54) is 0 Å². The van der Waals surface area contributed by atoms with Crippen LogP contribution >= 0.6 is 11.8 Å². The summed E-state index contributed by atoms with van der Waals surface area (Å²) in [4.78, 5) is 9.02. The molecule has 1 saturated heterocycles. The standard InChI is InChI=1S/C17H23N5O3S.ClH/c1-23-13-4-3-5-14(24-2)12(13)10-19-16(18)21-17-20-15(11-26-17)22-6-8-25-9-7-22;/h3-5H,6-11H2,1-2H3,(H2,18,19);1H. The molecule has 10 heteroatoms. The molecule has 1 aromatic carbocycles. The zero-order valence-corrected chi connectivity index (χ0v) is 17.0. The van der Waals surface area contributed by atoms with Crippen molar-refractivity contribution in [3.05, 3.63) is 23.8 Å². The van der Waals surface area contributed by atoms with Crippen molar-refractivity contribution in [3.63, 3.8) is 0 Å². The third-order valence-corrected chi connectivity index (χ3v) is 4.99. The highest BCUT2D eigenvalue weighted by molar-refractivity contribution is 8.14. The van der Waals surface area contributed by atoms with Crippen molar-refractivity contribution in [3.8, 4) is 11.5 Å². The van der Waals surface area contributed by atoms with Crippen molar-refractivity contribution in [2.45, 2.75) is 6.54 Å². The van der Waals surface area contributed by atoms with Crippen molar-refractivity contribution >= 4 is 28.7 Å². The Labute approximate surface area is 169 Å². The molecule has 0 bridgehead atoms. The van der Waals surface area contributed by atoms with E-state index in [1.54, 1.807) is 26.0 Å². The number of benzene rings is 1. The van der Waals surface area contributed by atoms with E-state index in [0.717, 1.165) is 60.1 Å². The summed E-state index contributed by atoms with van der Waals surface area (Å²) in [7, 11) is 3.24. The first-order valence-electron chi connectivity index (χ1n) is 8.38. The summed E-state index contributed by atoms with van der Waals surface area (Å²) in [6.07, 6.45) is 0. The third kappa shape index (κ3) is 5.50. The van der Waals surface area contributed by atoms with E-state index in [-0.39, 0.29) is 12.4 Å². The van der Waals surface area contributed by atoms with Crippen molar-refractivity contribution in [2.75, 3.05) is 46.3 Å². The molecule has 3 rings (SSSR count). The molecule has 8 nitrogen and oxygen atoms in total. The zero-order chi connectivity index (χ0) is 18.4. The Morgan fingerprint density at radius 2 is 1.96 bits per heavy atom. The number of methoxy groups -OCH3 is 2. The van der Waals surface area contributed by atoms with Gasteiger partial charge < -0.3 is 32.4 Å². The molecule has 2 aliphatic rings. The summed E-state index contributed by atoms with van der Waals surface area (Å²) >= 11 is 1.62. The largest absolute Gasteiger partial charge is 1.00 e. The predicted octanol–water partition coefficient (Wildman–Crippen LogP) is -2.34. The van der Waals surface area contributed by atoms with Crippen LogP contribution < -0.4 is 32.9 Å². The first-order chi connectivity index (χ1) is 12.7. The van der Waals surface area contributed by atoms with Gasteiger partial charge in [0.25, 0.3) is 5.17 Å². The molecule has 0 aliphatic carbocycles. The lowest BCUT2D eigenvalue weighted by atomic mass is 10.2. The van der Waals surface area contributed by atoms with Crippen LogP contribution in [0.15, 0.2) is 28.2 Å². The summed E-state index contributed by atoms with van der Waals surface area (Å²) < 4.78 is 18.4. The highest BCUT2D eigenvalue weighted by Gasteiger charge is 2.27. The lowest BCUT2D eigenvalue weighted by Gasteiger charge is -2.13. The number of hydrogen-bond acceptors (Lipinski definition) is 5. The first kappa shape index (κ1) is 21.3. The third-order valence-electron chi connectivity index (χ3n) is 4.12. The normalized spacial score (nSPS) is 17.3. The molecule has 0 amide bonds. The maximum atomic E-state index is 6.03.